The van der Waals surface area contributed by atoms with Crippen LogP contribution in [0.5, 0.6) is 0 Å². The van der Waals surface area contributed by atoms with Crippen molar-refractivity contribution in [1.29, 1.82) is 0 Å². The minimum atomic E-state index is -1.13. The number of nitrogens with zero attached hydrogens (tertiary/aromatic N) is 1. The fraction of sp³-hybridized carbons (Fsp3) is 0.200. The zero-order chi connectivity index (χ0) is 16.1. The highest BCUT2D eigenvalue weighted by molar-refractivity contribution is 8.01. The van der Waals surface area contributed by atoms with Gasteiger partial charge in [0.25, 0.3) is 0 Å². The molecule has 22 heavy (non-hydrogen) atoms. The van der Waals surface area contributed by atoms with Crippen LogP contribution in [0.4, 0.5) is 8.78 Å². The third-order valence-corrected chi connectivity index (χ3v) is 4.72. The molecule has 2 heterocycles. The number of fused-ring (bicyclic) bond motifs is 3. The fourth-order valence-corrected chi connectivity index (χ4v) is 3.66. The van der Waals surface area contributed by atoms with Crippen molar-refractivity contribution < 1.29 is 18.3 Å². The van der Waals surface area contributed by atoms with E-state index in [1.807, 2.05) is 0 Å². The van der Waals surface area contributed by atoms with Crippen LogP contribution < -0.4 is 5.43 Å². The second-order valence-corrected chi connectivity index (χ2v) is 6.36. The lowest BCUT2D eigenvalue weighted by atomic mass is 10.1. The molecule has 114 valence electrons. The Morgan fingerprint density at radius 2 is 2.09 bits per heavy atom. The van der Waals surface area contributed by atoms with Gasteiger partial charge in [-0.25, -0.2) is 13.6 Å². The van der Waals surface area contributed by atoms with Gasteiger partial charge in [0.2, 0.25) is 0 Å². The highest BCUT2D eigenvalue weighted by atomic mass is 32.2. The largest absolute Gasteiger partial charge is 0.459 e. The first-order chi connectivity index (χ1) is 10.4. The molecular formula is C15H11F2NO3S. The fourth-order valence-electron chi connectivity index (χ4n) is 2.42. The van der Waals surface area contributed by atoms with Crippen LogP contribution in [-0.2, 0) is 14.4 Å². The van der Waals surface area contributed by atoms with Crippen molar-refractivity contribution in [2.24, 2.45) is 0 Å². The van der Waals surface area contributed by atoms with Crippen molar-refractivity contribution in [3.63, 3.8) is 0 Å². The average Bonchev–Trinajstić information content (AvgIpc) is 2.46. The van der Waals surface area contributed by atoms with E-state index >= 15 is 0 Å². The molecule has 1 aromatic carbocycles. The third-order valence-electron chi connectivity index (χ3n) is 3.46. The van der Waals surface area contributed by atoms with Crippen LogP contribution in [0.15, 0.2) is 40.7 Å². The summed E-state index contributed by atoms with van der Waals surface area (Å²) in [4.78, 5) is 23.0. The molecule has 1 aliphatic heterocycles. The number of pyridine rings is 1. The summed E-state index contributed by atoms with van der Waals surface area (Å²) in [6, 6.07) is 3.07. The normalized spacial score (nSPS) is 19.4. The van der Waals surface area contributed by atoms with Gasteiger partial charge in [-0.05, 0) is 13.0 Å². The quantitative estimate of drug-likeness (QED) is 0.644. The number of hydrogen-bond donors (Lipinski definition) is 0. The first-order valence-corrected chi connectivity index (χ1v) is 7.22. The van der Waals surface area contributed by atoms with Crippen LogP contribution in [0, 0.1) is 11.6 Å². The van der Waals surface area contributed by atoms with Gasteiger partial charge < -0.3 is 9.30 Å². The summed E-state index contributed by atoms with van der Waals surface area (Å²) in [6.45, 7) is 5.11. The number of halogens is 2. The van der Waals surface area contributed by atoms with Gasteiger partial charge in [-0.15, -0.1) is 0 Å². The van der Waals surface area contributed by atoms with Crippen LogP contribution >= 0.6 is 11.8 Å². The monoisotopic (exact) mass is 323 g/mol. The summed E-state index contributed by atoms with van der Waals surface area (Å²) in [5, 5.41) is 0.521. The van der Waals surface area contributed by atoms with Gasteiger partial charge >= 0.3 is 5.97 Å². The Morgan fingerprint density at radius 1 is 1.41 bits per heavy atom. The number of hydrogen-bond acceptors (Lipinski definition) is 4. The van der Waals surface area contributed by atoms with Gasteiger partial charge in [-0.1, -0.05) is 24.4 Å². The summed E-state index contributed by atoms with van der Waals surface area (Å²) in [6.07, 6.45) is 1.43. The summed E-state index contributed by atoms with van der Waals surface area (Å²) in [7, 11) is 0. The van der Waals surface area contributed by atoms with E-state index in [1.165, 1.54) is 16.7 Å². The van der Waals surface area contributed by atoms with E-state index < -0.39 is 27.9 Å². The Labute approximate surface area is 128 Å². The van der Waals surface area contributed by atoms with E-state index in [-0.39, 0.29) is 17.5 Å². The van der Waals surface area contributed by atoms with Crippen molar-refractivity contribution in [3.8, 4) is 0 Å². The Hall–Kier alpha value is -2.15. The molecule has 0 N–H and O–H groups in total. The average molecular weight is 323 g/mol. The second-order valence-electron chi connectivity index (χ2n) is 4.94. The van der Waals surface area contributed by atoms with E-state index in [0.717, 1.165) is 23.9 Å². The summed E-state index contributed by atoms with van der Waals surface area (Å²) in [5.74, 6) is -2.72. The van der Waals surface area contributed by atoms with Crippen LogP contribution in [0.2, 0.25) is 0 Å². The number of esters is 1. The maximum atomic E-state index is 13.5. The number of rotatable bonds is 3. The lowest BCUT2D eigenvalue weighted by molar-refractivity contribution is -0.148. The predicted molar refractivity (Wildman–Crippen MR) is 78.8 cm³/mol. The first kappa shape index (κ1) is 14.8. The molecule has 1 aliphatic rings. The second kappa shape index (κ2) is 4.95. The van der Waals surface area contributed by atoms with Crippen LogP contribution in [0.25, 0.3) is 10.9 Å². The topological polar surface area (TPSA) is 48.3 Å². The number of carbonyl (C=O) groups excluding carboxylic acids is 1. The summed E-state index contributed by atoms with van der Waals surface area (Å²) in [5.41, 5.74) is -0.257. The minimum Gasteiger partial charge on any atom is -0.459 e. The van der Waals surface area contributed by atoms with E-state index in [4.69, 9.17) is 4.74 Å². The lowest BCUT2D eigenvalue weighted by Gasteiger charge is -2.41. The molecule has 7 heteroatoms. The van der Waals surface area contributed by atoms with E-state index in [9.17, 15) is 18.4 Å². The van der Waals surface area contributed by atoms with Crippen LogP contribution in [-0.4, -0.2) is 17.1 Å². The number of thioether (sulfide) groups is 1. The van der Waals surface area contributed by atoms with Crippen molar-refractivity contribution in [2.75, 3.05) is 6.61 Å². The van der Waals surface area contributed by atoms with E-state index in [2.05, 4.69) is 6.58 Å². The molecule has 0 radical (unpaired) electrons. The molecule has 0 saturated heterocycles. The van der Waals surface area contributed by atoms with Crippen molar-refractivity contribution in [3.05, 3.63) is 52.7 Å². The van der Waals surface area contributed by atoms with Gasteiger partial charge in [-0.3, -0.25) is 4.79 Å². The molecule has 0 spiro atoms. The number of carbonyl (C=O) groups is 1. The molecule has 1 atom stereocenters. The third kappa shape index (κ3) is 1.96. The number of benzene rings is 1. The number of aromatic nitrogens is 1. The van der Waals surface area contributed by atoms with Crippen LogP contribution in [0.1, 0.15) is 6.92 Å². The number of ether oxygens (including phenoxy) is 1. The molecule has 0 saturated carbocycles. The van der Waals surface area contributed by atoms with E-state index in [1.54, 1.807) is 6.92 Å². The minimum absolute atomic E-state index is 0.0192. The molecule has 0 aliphatic carbocycles. The van der Waals surface area contributed by atoms with Gasteiger partial charge in [0.15, 0.2) is 21.9 Å². The molecule has 2 aromatic rings. The van der Waals surface area contributed by atoms with Gasteiger partial charge in [-0.2, -0.15) is 0 Å². The van der Waals surface area contributed by atoms with Crippen LogP contribution in [0.3, 0.4) is 0 Å². The molecule has 0 amide bonds. The lowest BCUT2D eigenvalue weighted by Crippen LogP contribution is -2.45. The first-order valence-electron chi connectivity index (χ1n) is 6.41. The molecule has 1 unspecified atom stereocenters. The zero-order valence-electron chi connectivity index (χ0n) is 11.6. The molecule has 4 nitrogen and oxygen atoms in total. The maximum Gasteiger partial charge on any atom is 0.343 e. The highest BCUT2D eigenvalue weighted by Crippen LogP contribution is 2.50. The molecular weight excluding hydrogens is 312 g/mol. The molecule has 1 aromatic heterocycles. The molecule has 0 fully saturated rings. The Kier molecular flexibility index (Phi) is 3.32. The molecule has 0 bridgehead atoms. The standard InChI is InChI=1S/C15H11F2NO3S/c1-3-4-21-14(20)15(2)18-11-6-10(17)9(16)5-8(11)12(19)7-13(18)22-15/h3,5-7H,1,4H2,2H3. The van der Waals surface area contributed by atoms with Gasteiger partial charge in [0.1, 0.15) is 6.61 Å². The summed E-state index contributed by atoms with van der Waals surface area (Å²) >= 11 is 1.14. The Morgan fingerprint density at radius 3 is 2.77 bits per heavy atom. The predicted octanol–water partition coefficient (Wildman–Crippen LogP) is 2.79. The highest BCUT2D eigenvalue weighted by Gasteiger charge is 2.48. The van der Waals surface area contributed by atoms with E-state index in [0.29, 0.717) is 5.03 Å². The summed E-state index contributed by atoms with van der Waals surface area (Å²) < 4.78 is 33.4. The van der Waals surface area contributed by atoms with Crippen molar-refractivity contribution in [1.82, 2.24) is 4.57 Å². The van der Waals surface area contributed by atoms with Crippen molar-refractivity contribution in [2.45, 2.75) is 16.8 Å². The Bertz CT molecular complexity index is 877. The van der Waals surface area contributed by atoms with Gasteiger partial charge in [0, 0.05) is 17.5 Å². The van der Waals surface area contributed by atoms with Gasteiger partial charge in [0.05, 0.1) is 10.5 Å². The Balaban J connectivity index is 2.21. The zero-order valence-corrected chi connectivity index (χ0v) is 12.4. The maximum absolute atomic E-state index is 13.5. The smallest absolute Gasteiger partial charge is 0.343 e. The SMILES string of the molecule is C=CCOC(=O)C1(C)Sc2cc(=O)c3cc(F)c(F)cc3n21. The van der Waals surface area contributed by atoms with Crippen molar-refractivity contribution >= 4 is 28.6 Å². The molecule has 3 rings (SSSR count).